The van der Waals surface area contributed by atoms with Crippen LogP contribution >= 0.6 is 15.9 Å². The number of methoxy groups -OCH3 is 1. The third kappa shape index (κ3) is 3.62. The molecule has 1 atom stereocenters. The van der Waals surface area contributed by atoms with Gasteiger partial charge in [0.1, 0.15) is 5.60 Å². The molecule has 1 aromatic heterocycles. The summed E-state index contributed by atoms with van der Waals surface area (Å²) in [5, 5.41) is 10.9. The molecular weight excluding hydrogens is 306 g/mol. The molecule has 0 radical (unpaired) electrons. The van der Waals surface area contributed by atoms with Gasteiger partial charge in [-0.2, -0.15) is 0 Å². The van der Waals surface area contributed by atoms with Crippen LogP contribution < -0.4 is 0 Å². The van der Waals surface area contributed by atoms with Gasteiger partial charge < -0.3 is 9.84 Å². The van der Waals surface area contributed by atoms with E-state index in [1.165, 1.54) is 0 Å². The van der Waals surface area contributed by atoms with Crippen LogP contribution in [0.15, 0.2) is 53.3 Å². The number of halogens is 1. The second-order valence-corrected chi connectivity index (χ2v) is 5.43. The van der Waals surface area contributed by atoms with Gasteiger partial charge in [0, 0.05) is 30.4 Å². The van der Waals surface area contributed by atoms with Gasteiger partial charge in [-0.3, -0.25) is 4.98 Å². The highest BCUT2D eigenvalue weighted by atomic mass is 79.9. The molecule has 4 heteroatoms. The van der Waals surface area contributed by atoms with Gasteiger partial charge in [0.05, 0.1) is 6.61 Å². The number of nitrogens with zero attached hydrogens (tertiary/aromatic N) is 1. The number of rotatable bonds is 5. The van der Waals surface area contributed by atoms with E-state index in [1.54, 1.807) is 19.5 Å². The van der Waals surface area contributed by atoms with E-state index in [-0.39, 0.29) is 6.61 Å². The number of ether oxygens (including phenoxy) is 1. The Balaban J connectivity index is 2.30. The second-order valence-electron chi connectivity index (χ2n) is 4.52. The van der Waals surface area contributed by atoms with Crippen molar-refractivity contribution < 1.29 is 9.84 Å². The molecule has 0 amide bonds. The Bertz CT molecular complexity index is 533. The first-order valence-electron chi connectivity index (χ1n) is 6.00. The minimum Gasteiger partial charge on any atom is -0.382 e. The van der Waals surface area contributed by atoms with Crippen molar-refractivity contribution in [3.05, 3.63) is 64.4 Å². The maximum Gasteiger partial charge on any atom is 0.117 e. The lowest BCUT2D eigenvalue weighted by Crippen LogP contribution is -2.33. The Morgan fingerprint density at radius 3 is 2.63 bits per heavy atom. The van der Waals surface area contributed by atoms with Gasteiger partial charge >= 0.3 is 0 Å². The monoisotopic (exact) mass is 321 g/mol. The molecule has 19 heavy (non-hydrogen) atoms. The molecule has 2 rings (SSSR count). The molecule has 2 aromatic rings. The number of pyridine rings is 1. The van der Waals surface area contributed by atoms with E-state index in [1.807, 2.05) is 36.4 Å². The predicted octanol–water partition coefficient (Wildman–Crippen LogP) is 2.92. The van der Waals surface area contributed by atoms with Gasteiger partial charge in [0.25, 0.3) is 0 Å². The van der Waals surface area contributed by atoms with E-state index in [4.69, 9.17) is 4.74 Å². The van der Waals surface area contributed by atoms with Crippen molar-refractivity contribution in [2.75, 3.05) is 13.7 Å². The Hall–Kier alpha value is -1.23. The highest BCUT2D eigenvalue weighted by molar-refractivity contribution is 9.10. The van der Waals surface area contributed by atoms with E-state index in [0.717, 1.165) is 15.6 Å². The average molecular weight is 322 g/mol. The zero-order chi connectivity index (χ0) is 13.7. The summed E-state index contributed by atoms with van der Waals surface area (Å²) in [6, 6.07) is 11.5. The molecule has 0 aliphatic heterocycles. The fourth-order valence-corrected chi connectivity index (χ4v) is 2.53. The van der Waals surface area contributed by atoms with Crippen molar-refractivity contribution in [2.45, 2.75) is 12.0 Å². The number of aromatic nitrogens is 1. The van der Waals surface area contributed by atoms with Gasteiger partial charge in [-0.25, -0.2) is 0 Å². The van der Waals surface area contributed by atoms with Crippen LogP contribution in [-0.4, -0.2) is 23.8 Å². The normalized spacial score (nSPS) is 14.1. The van der Waals surface area contributed by atoms with E-state index in [2.05, 4.69) is 20.9 Å². The maximum absolute atomic E-state index is 10.9. The molecule has 0 aliphatic carbocycles. The second kappa shape index (κ2) is 6.28. The van der Waals surface area contributed by atoms with Gasteiger partial charge in [-0.05, 0) is 33.1 Å². The largest absolute Gasteiger partial charge is 0.382 e. The first kappa shape index (κ1) is 14.2. The summed E-state index contributed by atoms with van der Waals surface area (Å²) in [7, 11) is 1.59. The Labute approximate surface area is 121 Å². The van der Waals surface area contributed by atoms with Crippen molar-refractivity contribution in [1.82, 2.24) is 4.98 Å². The zero-order valence-corrected chi connectivity index (χ0v) is 12.3. The summed E-state index contributed by atoms with van der Waals surface area (Å²) in [4.78, 5) is 4.12. The molecule has 1 unspecified atom stereocenters. The van der Waals surface area contributed by atoms with E-state index in [9.17, 15) is 5.11 Å². The Kier molecular flexibility index (Phi) is 4.69. The van der Waals surface area contributed by atoms with E-state index in [0.29, 0.717) is 6.42 Å². The highest BCUT2D eigenvalue weighted by Gasteiger charge is 2.29. The molecule has 100 valence electrons. The van der Waals surface area contributed by atoms with Crippen LogP contribution in [0.5, 0.6) is 0 Å². The van der Waals surface area contributed by atoms with Crippen LogP contribution in [-0.2, 0) is 16.8 Å². The van der Waals surface area contributed by atoms with E-state index >= 15 is 0 Å². The SMILES string of the molecule is COCC(O)(Cc1cncc(Br)c1)c1ccccc1. The van der Waals surface area contributed by atoms with Crippen molar-refractivity contribution in [3.8, 4) is 0 Å². The molecule has 0 spiro atoms. The minimum absolute atomic E-state index is 0.240. The molecule has 3 nitrogen and oxygen atoms in total. The van der Waals surface area contributed by atoms with Gasteiger partial charge in [-0.1, -0.05) is 30.3 Å². The summed E-state index contributed by atoms with van der Waals surface area (Å²) >= 11 is 3.39. The summed E-state index contributed by atoms with van der Waals surface area (Å²) in [6.45, 7) is 0.240. The van der Waals surface area contributed by atoms with Gasteiger partial charge in [0.2, 0.25) is 0 Å². The molecule has 0 aliphatic rings. The first-order valence-corrected chi connectivity index (χ1v) is 6.79. The van der Waals surface area contributed by atoms with Crippen LogP contribution in [0.1, 0.15) is 11.1 Å². The maximum atomic E-state index is 10.9. The summed E-state index contributed by atoms with van der Waals surface area (Å²) in [5.74, 6) is 0. The third-order valence-corrected chi connectivity index (χ3v) is 3.39. The summed E-state index contributed by atoms with van der Waals surface area (Å²) in [6.07, 6.45) is 3.94. The Morgan fingerprint density at radius 2 is 2.00 bits per heavy atom. The molecular formula is C15H16BrNO2. The topological polar surface area (TPSA) is 42.4 Å². The minimum atomic E-state index is -1.04. The van der Waals surface area contributed by atoms with Gasteiger partial charge in [0.15, 0.2) is 0 Å². The molecule has 1 heterocycles. The molecule has 1 aromatic carbocycles. The molecule has 0 saturated carbocycles. The van der Waals surface area contributed by atoms with Crippen molar-refractivity contribution in [3.63, 3.8) is 0 Å². The fourth-order valence-electron chi connectivity index (χ4n) is 2.11. The van der Waals surface area contributed by atoms with Crippen LogP contribution in [0.25, 0.3) is 0 Å². The number of aliphatic hydroxyl groups is 1. The number of hydrogen-bond acceptors (Lipinski definition) is 3. The average Bonchev–Trinajstić information content (AvgIpc) is 2.40. The van der Waals surface area contributed by atoms with Crippen LogP contribution in [0, 0.1) is 0 Å². The molecule has 0 fully saturated rings. The zero-order valence-electron chi connectivity index (χ0n) is 10.7. The summed E-state index contributed by atoms with van der Waals surface area (Å²) < 4.78 is 6.08. The first-order chi connectivity index (χ1) is 9.14. The van der Waals surface area contributed by atoms with Crippen molar-refractivity contribution in [2.24, 2.45) is 0 Å². The summed E-state index contributed by atoms with van der Waals surface area (Å²) in [5.41, 5.74) is 0.757. The van der Waals surface area contributed by atoms with Gasteiger partial charge in [-0.15, -0.1) is 0 Å². The van der Waals surface area contributed by atoms with E-state index < -0.39 is 5.60 Å². The van der Waals surface area contributed by atoms with Crippen molar-refractivity contribution >= 4 is 15.9 Å². The smallest absolute Gasteiger partial charge is 0.117 e. The fraction of sp³-hybridized carbons (Fsp3) is 0.267. The van der Waals surface area contributed by atoms with Crippen molar-refractivity contribution in [1.29, 1.82) is 0 Å². The number of benzene rings is 1. The Morgan fingerprint density at radius 1 is 1.26 bits per heavy atom. The highest BCUT2D eigenvalue weighted by Crippen LogP contribution is 2.26. The quantitative estimate of drug-likeness (QED) is 0.920. The lowest BCUT2D eigenvalue weighted by molar-refractivity contribution is -0.0355. The van der Waals surface area contributed by atoms with Crippen LogP contribution in [0.2, 0.25) is 0 Å². The third-order valence-electron chi connectivity index (χ3n) is 2.95. The number of hydrogen-bond donors (Lipinski definition) is 1. The molecule has 0 bridgehead atoms. The van der Waals surface area contributed by atoms with Crippen LogP contribution in [0.4, 0.5) is 0 Å². The predicted molar refractivity (Wildman–Crippen MR) is 77.9 cm³/mol. The standard InChI is InChI=1S/C15H16BrNO2/c1-19-11-15(18,13-5-3-2-4-6-13)8-12-7-14(16)10-17-9-12/h2-7,9-10,18H,8,11H2,1H3. The molecule has 1 N–H and O–H groups in total. The molecule has 0 saturated heterocycles. The lowest BCUT2D eigenvalue weighted by atomic mass is 9.88. The lowest BCUT2D eigenvalue weighted by Gasteiger charge is -2.28. The van der Waals surface area contributed by atoms with Crippen LogP contribution in [0.3, 0.4) is 0 Å².